The van der Waals surface area contributed by atoms with Crippen LogP contribution in [0, 0.1) is 5.41 Å². The minimum atomic E-state index is -0.729. The molecule has 1 N–H and O–H groups in total. The van der Waals surface area contributed by atoms with Crippen molar-refractivity contribution in [2.24, 2.45) is 5.41 Å². The quantitative estimate of drug-likeness (QED) is 0.619. The summed E-state index contributed by atoms with van der Waals surface area (Å²) in [6, 6.07) is 0. The minimum Gasteiger partial charge on any atom is -0.481 e. The average molecular weight is 162 g/mol. The Morgan fingerprint density at radius 1 is 1.50 bits per heavy atom. The predicted octanol–water partition coefficient (Wildman–Crippen LogP) is 1.81. The molecule has 3 heteroatoms. The fraction of sp³-hybridized carbons (Fsp3) is 0.857. The summed E-state index contributed by atoms with van der Waals surface area (Å²) in [6.45, 7) is 3.77. The Morgan fingerprint density at radius 2 is 1.90 bits per heavy atom. The second-order valence-corrected chi connectivity index (χ2v) is 2.77. The second-order valence-electron chi connectivity index (χ2n) is 2.45. The molecule has 0 aromatic carbocycles. The summed E-state index contributed by atoms with van der Waals surface area (Å²) in [5.74, 6) is -0.303. The van der Waals surface area contributed by atoms with Gasteiger partial charge in [0.1, 0.15) is 0 Å². The minimum absolute atomic E-state index is 0.426. The molecule has 0 rings (SSSR count). The van der Waals surface area contributed by atoms with Crippen LogP contribution in [-0.2, 0) is 4.79 Å². The first kappa shape index (κ1) is 9.82. The van der Waals surface area contributed by atoms with Gasteiger partial charge in [0.05, 0.1) is 5.41 Å². The van der Waals surface area contributed by atoms with E-state index in [1.807, 2.05) is 13.8 Å². The van der Waals surface area contributed by atoms with Crippen molar-refractivity contribution in [3.05, 3.63) is 0 Å². The highest BCUT2D eigenvalue weighted by Crippen LogP contribution is 2.27. The van der Waals surface area contributed by atoms with Gasteiger partial charge in [0.25, 0.3) is 0 Å². The number of carboxylic acid groups (broad SMARTS) is 1. The highest BCUT2D eigenvalue weighted by Gasteiger charge is 2.32. The van der Waals surface area contributed by atoms with Gasteiger partial charge < -0.3 is 5.11 Å². The Labute approximate surface area is 67.0 Å². The molecular weight excluding hydrogens is 148 g/mol. The Balaban J connectivity index is 4.31. The van der Waals surface area contributed by atoms with E-state index >= 15 is 0 Å². The number of aliphatic carboxylic acids is 1. The summed E-state index contributed by atoms with van der Waals surface area (Å²) in [5.41, 5.74) is -0.594. The van der Waals surface area contributed by atoms with E-state index in [-0.39, 0.29) is 0 Å². The maximum atomic E-state index is 10.7. The summed E-state index contributed by atoms with van der Waals surface area (Å²) in [4.78, 5) is 10.7. The molecule has 0 bridgehead atoms. The van der Waals surface area contributed by atoms with Crippen molar-refractivity contribution in [2.75, 3.05) is 5.75 Å². The normalized spacial score (nSPS) is 11.5. The Bertz CT molecular complexity index is 111. The lowest BCUT2D eigenvalue weighted by atomic mass is 9.85. The molecule has 0 unspecified atom stereocenters. The number of thiol groups is 1. The van der Waals surface area contributed by atoms with Crippen molar-refractivity contribution >= 4 is 18.6 Å². The van der Waals surface area contributed by atoms with Crippen molar-refractivity contribution in [1.82, 2.24) is 0 Å². The van der Waals surface area contributed by atoms with Crippen molar-refractivity contribution in [2.45, 2.75) is 26.7 Å². The molecule has 0 atom stereocenters. The van der Waals surface area contributed by atoms with Gasteiger partial charge in [0, 0.05) is 5.75 Å². The van der Waals surface area contributed by atoms with Crippen LogP contribution in [0.2, 0.25) is 0 Å². The maximum absolute atomic E-state index is 10.7. The van der Waals surface area contributed by atoms with Crippen molar-refractivity contribution in [1.29, 1.82) is 0 Å². The third-order valence-electron chi connectivity index (χ3n) is 2.11. The van der Waals surface area contributed by atoms with Crippen LogP contribution in [0.1, 0.15) is 26.7 Å². The van der Waals surface area contributed by atoms with Crippen LogP contribution in [0.4, 0.5) is 0 Å². The molecule has 10 heavy (non-hydrogen) atoms. The molecule has 0 fully saturated rings. The van der Waals surface area contributed by atoms with Crippen molar-refractivity contribution < 1.29 is 9.90 Å². The van der Waals surface area contributed by atoms with E-state index in [0.717, 1.165) is 0 Å². The molecule has 0 radical (unpaired) electrons. The van der Waals surface area contributed by atoms with Gasteiger partial charge in [-0.2, -0.15) is 12.6 Å². The summed E-state index contributed by atoms with van der Waals surface area (Å²) in [7, 11) is 0. The summed E-state index contributed by atoms with van der Waals surface area (Å²) < 4.78 is 0. The first-order chi connectivity index (χ1) is 4.63. The van der Waals surface area contributed by atoms with Gasteiger partial charge >= 0.3 is 5.97 Å². The molecule has 0 aliphatic rings. The zero-order valence-electron chi connectivity index (χ0n) is 6.42. The molecular formula is C7H14O2S. The molecule has 0 aromatic rings. The standard InChI is InChI=1S/C7H14O2S/c1-3-7(4-2,5-10)6(8)9/h10H,3-5H2,1-2H3,(H,8,9). The lowest BCUT2D eigenvalue weighted by Gasteiger charge is -2.23. The van der Waals surface area contributed by atoms with Crippen LogP contribution in [0.15, 0.2) is 0 Å². The van der Waals surface area contributed by atoms with E-state index in [9.17, 15) is 4.79 Å². The van der Waals surface area contributed by atoms with Gasteiger partial charge in [0.2, 0.25) is 0 Å². The highest BCUT2D eigenvalue weighted by atomic mass is 32.1. The molecule has 0 saturated carbocycles. The van der Waals surface area contributed by atoms with Crippen LogP contribution in [0.3, 0.4) is 0 Å². The van der Waals surface area contributed by atoms with Crippen LogP contribution < -0.4 is 0 Å². The molecule has 0 aromatic heterocycles. The Morgan fingerprint density at radius 3 is 1.90 bits per heavy atom. The Hall–Kier alpha value is -0.180. The number of carboxylic acids is 1. The van der Waals surface area contributed by atoms with Crippen molar-refractivity contribution in [3.63, 3.8) is 0 Å². The van der Waals surface area contributed by atoms with Gasteiger partial charge in [-0.3, -0.25) is 4.79 Å². The number of carbonyl (C=O) groups is 1. The van der Waals surface area contributed by atoms with Gasteiger partial charge in [-0.05, 0) is 12.8 Å². The topological polar surface area (TPSA) is 37.3 Å². The zero-order chi connectivity index (χ0) is 8.20. The molecule has 2 nitrogen and oxygen atoms in total. The molecule has 0 heterocycles. The lowest BCUT2D eigenvalue weighted by Crippen LogP contribution is -2.31. The van der Waals surface area contributed by atoms with Gasteiger partial charge in [-0.25, -0.2) is 0 Å². The van der Waals surface area contributed by atoms with E-state index in [1.54, 1.807) is 0 Å². The third kappa shape index (κ3) is 1.66. The molecule has 0 spiro atoms. The van der Waals surface area contributed by atoms with E-state index in [2.05, 4.69) is 12.6 Å². The number of hydrogen-bond donors (Lipinski definition) is 2. The molecule has 0 saturated heterocycles. The number of hydrogen-bond acceptors (Lipinski definition) is 2. The zero-order valence-corrected chi connectivity index (χ0v) is 7.32. The smallest absolute Gasteiger partial charge is 0.310 e. The van der Waals surface area contributed by atoms with E-state index < -0.39 is 11.4 Å². The average Bonchev–Trinajstić information content (AvgIpc) is 1.92. The maximum Gasteiger partial charge on any atom is 0.310 e. The summed E-state index contributed by atoms with van der Waals surface area (Å²) in [6.07, 6.45) is 1.31. The fourth-order valence-corrected chi connectivity index (χ4v) is 1.43. The van der Waals surface area contributed by atoms with Gasteiger partial charge in [-0.15, -0.1) is 0 Å². The first-order valence-corrected chi connectivity index (χ1v) is 4.10. The van der Waals surface area contributed by atoms with Gasteiger partial charge in [-0.1, -0.05) is 13.8 Å². The fourth-order valence-electron chi connectivity index (χ4n) is 0.844. The molecule has 0 aliphatic carbocycles. The highest BCUT2D eigenvalue weighted by molar-refractivity contribution is 7.80. The largest absolute Gasteiger partial charge is 0.481 e. The molecule has 60 valence electrons. The first-order valence-electron chi connectivity index (χ1n) is 3.47. The third-order valence-corrected chi connectivity index (χ3v) is 2.72. The van der Waals surface area contributed by atoms with E-state index in [4.69, 9.17) is 5.11 Å². The summed E-state index contributed by atoms with van der Waals surface area (Å²) >= 11 is 4.02. The predicted molar refractivity (Wildman–Crippen MR) is 44.5 cm³/mol. The second kappa shape index (κ2) is 3.86. The monoisotopic (exact) mass is 162 g/mol. The SMILES string of the molecule is CCC(CC)(CS)C(=O)O. The Kier molecular flexibility index (Phi) is 3.79. The molecule has 0 aliphatic heterocycles. The van der Waals surface area contributed by atoms with E-state index in [0.29, 0.717) is 18.6 Å². The van der Waals surface area contributed by atoms with Crippen LogP contribution in [0.25, 0.3) is 0 Å². The van der Waals surface area contributed by atoms with Crippen molar-refractivity contribution in [3.8, 4) is 0 Å². The van der Waals surface area contributed by atoms with Crippen LogP contribution >= 0.6 is 12.6 Å². The molecule has 0 amide bonds. The van der Waals surface area contributed by atoms with Crippen LogP contribution in [0.5, 0.6) is 0 Å². The van der Waals surface area contributed by atoms with Gasteiger partial charge in [0.15, 0.2) is 0 Å². The number of rotatable bonds is 4. The summed E-state index contributed by atoms with van der Waals surface area (Å²) in [5, 5.41) is 8.77. The van der Waals surface area contributed by atoms with E-state index in [1.165, 1.54) is 0 Å². The van der Waals surface area contributed by atoms with Crippen LogP contribution in [-0.4, -0.2) is 16.8 Å². The lowest BCUT2D eigenvalue weighted by molar-refractivity contribution is -0.147.